The third kappa shape index (κ3) is 5.40. The minimum atomic E-state index is 0.383. The molecule has 2 heterocycles. The fourth-order valence-corrected chi connectivity index (χ4v) is 4.95. The van der Waals surface area contributed by atoms with Gasteiger partial charge in [0.1, 0.15) is 11.5 Å². The fourth-order valence-electron chi connectivity index (χ4n) is 4.95. The standard InChI is InChI=1S/C26H37N3O2/c1-27(2)22-12-14-29(18-22)13-5-15-31-24-10-11-25-21(16-24)17-28(3)19-26(25)20-6-8-23(30-4)9-7-20/h6-11,16,22,26H,5,12-15,17-19H2,1-4H3/t22-,26?/m1/s1. The number of nitrogens with zero attached hydrogens (tertiary/aromatic N) is 3. The van der Waals surface area contributed by atoms with E-state index in [4.69, 9.17) is 9.47 Å². The van der Waals surface area contributed by atoms with Crippen molar-refractivity contribution in [2.45, 2.75) is 31.3 Å². The van der Waals surface area contributed by atoms with E-state index in [1.54, 1.807) is 7.11 Å². The number of benzene rings is 2. The zero-order valence-electron chi connectivity index (χ0n) is 19.5. The Balaban J connectivity index is 1.34. The molecule has 0 amide bonds. The maximum absolute atomic E-state index is 6.14. The van der Waals surface area contributed by atoms with Gasteiger partial charge >= 0.3 is 0 Å². The summed E-state index contributed by atoms with van der Waals surface area (Å²) in [5, 5.41) is 0. The molecular formula is C26H37N3O2. The number of hydrogen-bond acceptors (Lipinski definition) is 5. The Hall–Kier alpha value is -2.08. The predicted molar refractivity (Wildman–Crippen MR) is 126 cm³/mol. The van der Waals surface area contributed by atoms with Crippen LogP contribution in [-0.4, -0.2) is 81.8 Å². The summed E-state index contributed by atoms with van der Waals surface area (Å²) in [4.78, 5) is 7.31. The van der Waals surface area contributed by atoms with Gasteiger partial charge < -0.3 is 24.2 Å². The van der Waals surface area contributed by atoms with Crippen LogP contribution in [0.25, 0.3) is 0 Å². The molecule has 5 heteroatoms. The second-order valence-corrected chi connectivity index (χ2v) is 9.29. The smallest absolute Gasteiger partial charge is 0.119 e. The molecule has 0 aliphatic carbocycles. The second-order valence-electron chi connectivity index (χ2n) is 9.29. The number of likely N-dealkylation sites (tertiary alicyclic amines) is 1. The zero-order valence-corrected chi connectivity index (χ0v) is 19.5. The first-order valence-electron chi connectivity index (χ1n) is 11.5. The van der Waals surface area contributed by atoms with Crippen LogP contribution in [0.15, 0.2) is 42.5 Å². The summed E-state index contributed by atoms with van der Waals surface area (Å²) in [7, 11) is 8.28. The van der Waals surface area contributed by atoms with E-state index >= 15 is 0 Å². The second kappa shape index (κ2) is 10.0. The lowest BCUT2D eigenvalue weighted by Crippen LogP contribution is -2.32. The van der Waals surface area contributed by atoms with E-state index < -0.39 is 0 Å². The summed E-state index contributed by atoms with van der Waals surface area (Å²) in [5.74, 6) is 2.28. The highest BCUT2D eigenvalue weighted by molar-refractivity contribution is 5.45. The van der Waals surface area contributed by atoms with E-state index in [2.05, 4.69) is 78.3 Å². The molecule has 2 aliphatic rings. The van der Waals surface area contributed by atoms with Gasteiger partial charge in [0.2, 0.25) is 0 Å². The third-order valence-electron chi connectivity index (χ3n) is 6.81. The number of methoxy groups -OCH3 is 1. The molecule has 2 atom stereocenters. The van der Waals surface area contributed by atoms with Crippen molar-refractivity contribution in [2.24, 2.45) is 0 Å². The van der Waals surface area contributed by atoms with Crippen LogP contribution in [0.4, 0.5) is 0 Å². The maximum atomic E-state index is 6.14. The average Bonchev–Trinajstić information content (AvgIpc) is 3.25. The van der Waals surface area contributed by atoms with Crippen LogP contribution >= 0.6 is 0 Å². The van der Waals surface area contributed by atoms with Gasteiger partial charge in [-0.25, -0.2) is 0 Å². The van der Waals surface area contributed by atoms with E-state index in [1.165, 1.54) is 36.2 Å². The number of ether oxygens (including phenoxy) is 2. The van der Waals surface area contributed by atoms with Gasteiger partial charge in [0.25, 0.3) is 0 Å². The van der Waals surface area contributed by atoms with Crippen LogP contribution < -0.4 is 9.47 Å². The van der Waals surface area contributed by atoms with Crippen LogP contribution in [0.5, 0.6) is 11.5 Å². The molecule has 0 spiro atoms. The van der Waals surface area contributed by atoms with Gasteiger partial charge in [-0.1, -0.05) is 18.2 Å². The van der Waals surface area contributed by atoms with Gasteiger partial charge in [0, 0.05) is 38.1 Å². The van der Waals surface area contributed by atoms with Crippen molar-refractivity contribution in [3.8, 4) is 11.5 Å². The van der Waals surface area contributed by atoms with Crippen LogP contribution in [0.1, 0.15) is 35.4 Å². The number of hydrogen-bond donors (Lipinski definition) is 0. The first-order valence-corrected chi connectivity index (χ1v) is 11.5. The summed E-state index contributed by atoms with van der Waals surface area (Å²) in [5.41, 5.74) is 4.13. The molecule has 0 N–H and O–H groups in total. The van der Waals surface area contributed by atoms with Crippen LogP contribution in [0.2, 0.25) is 0 Å². The Morgan fingerprint density at radius 1 is 1.03 bits per heavy atom. The molecule has 168 valence electrons. The van der Waals surface area contributed by atoms with Gasteiger partial charge in [-0.05, 0) is 81.5 Å². The molecule has 2 aliphatic heterocycles. The van der Waals surface area contributed by atoms with E-state index in [1.807, 2.05) is 0 Å². The SMILES string of the molecule is COc1ccc(C2CN(C)Cc3cc(OCCCN4CC[C@@H](N(C)C)C4)ccc32)cc1. The molecule has 1 saturated heterocycles. The molecule has 1 fully saturated rings. The number of fused-ring (bicyclic) bond motifs is 1. The Labute approximate surface area is 187 Å². The van der Waals surface area contributed by atoms with E-state index in [0.717, 1.165) is 44.2 Å². The molecule has 4 rings (SSSR count). The third-order valence-corrected chi connectivity index (χ3v) is 6.81. The van der Waals surface area contributed by atoms with Crippen molar-refractivity contribution >= 4 is 0 Å². The topological polar surface area (TPSA) is 28.2 Å². The molecule has 0 aromatic heterocycles. The van der Waals surface area contributed by atoms with Gasteiger partial charge in [-0.3, -0.25) is 0 Å². The highest BCUT2D eigenvalue weighted by atomic mass is 16.5. The van der Waals surface area contributed by atoms with Gasteiger partial charge in [0.05, 0.1) is 13.7 Å². The van der Waals surface area contributed by atoms with Crippen molar-refractivity contribution in [1.82, 2.24) is 14.7 Å². The molecule has 5 nitrogen and oxygen atoms in total. The zero-order chi connectivity index (χ0) is 21.8. The molecule has 0 saturated carbocycles. The van der Waals surface area contributed by atoms with E-state index in [9.17, 15) is 0 Å². The van der Waals surface area contributed by atoms with Crippen molar-refractivity contribution < 1.29 is 9.47 Å². The van der Waals surface area contributed by atoms with Crippen molar-refractivity contribution in [2.75, 3.05) is 61.0 Å². The Morgan fingerprint density at radius 2 is 1.81 bits per heavy atom. The quantitative estimate of drug-likeness (QED) is 0.604. The lowest BCUT2D eigenvalue weighted by molar-refractivity contribution is 0.241. The van der Waals surface area contributed by atoms with Crippen LogP contribution in [-0.2, 0) is 6.54 Å². The molecule has 2 aromatic rings. The first kappa shape index (κ1) is 22.1. The summed E-state index contributed by atoms with van der Waals surface area (Å²) in [6, 6.07) is 15.9. The van der Waals surface area contributed by atoms with Crippen LogP contribution in [0.3, 0.4) is 0 Å². The Kier molecular flexibility index (Phi) is 7.16. The minimum absolute atomic E-state index is 0.383. The first-order chi connectivity index (χ1) is 15.0. The van der Waals surface area contributed by atoms with Gasteiger partial charge in [-0.15, -0.1) is 0 Å². The van der Waals surface area contributed by atoms with Crippen molar-refractivity contribution in [3.05, 3.63) is 59.2 Å². The summed E-state index contributed by atoms with van der Waals surface area (Å²) >= 11 is 0. The average molecular weight is 424 g/mol. The normalized spacial score (nSPS) is 22.0. The predicted octanol–water partition coefficient (Wildman–Crippen LogP) is 3.68. The largest absolute Gasteiger partial charge is 0.497 e. The molecule has 1 unspecified atom stereocenters. The molecule has 31 heavy (non-hydrogen) atoms. The summed E-state index contributed by atoms with van der Waals surface area (Å²) in [6.07, 6.45) is 2.35. The van der Waals surface area contributed by atoms with E-state index in [0.29, 0.717) is 12.0 Å². The van der Waals surface area contributed by atoms with Crippen LogP contribution in [0, 0.1) is 0 Å². The Bertz CT molecular complexity index is 852. The molecular weight excluding hydrogens is 386 g/mol. The van der Waals surface area contributed by atoms with Gasteiger partial charge in [-0.2, -0.15) is 0 Å². The Morgan fingerprint density at radius 3 is 2.52 bits per heavy atom. The minimum Gasteiger partial charge on any atom is -0.497 e. The summed E-state index contributed by atoms with van der Waals surface area (Å²) < 4.78 is 11.5. The van der Waals surface area contributed by atoms with Crippen molar-refractivity contribution in [1.29, 1.82) is 0 Å². The fraction of sp³-hybridized carbons (Fsp3) is 0.538. The lowest BCUT2D eigenvalue weighted by atomic mass is 9.84. The lowest BCUT2D eigenvalue weighted by Gasteiger charge is -2.33. The molecule has 0 radical (unpaired) electrons. The monoisotopic (exact) mass is 423 g/mol. The molecule has 2 aromatic carbocycles. The number of likely N-dealkylation sites (N-methyl/N-ethyl adjacent to an activating group) is 2. The molecule has 0 bridgehead atoms. The van der Waals surface area contributed by atoms with Gasteiger partial charge in [0.15, 0.2) is 0 Å². The van der Waals surface area contributed by atoms with E-state index in [-0.39, 0.29) is 0 Å². The number of rotatable bonds is 8. The maximum Gasteiger partial charge on any atom is 0.119 e. The highest BCUT2D eigenvalue weighted by Gasteiger charge is 2.25. The summed E-state index contributed by atoms with van der Waals surface area (Å²) in [6.45, 7) is 6.30. The van der Waals surface area contributed by atoms with Crippen molar-refractivity contribution in [3.63, 3.8) is 0 Å². The highest BCUT2D eigenvalue weighted by Crippen LogP contribution is 2.35.